The first-order valence-corrected chi connectivity index (χ1v) is 7.90. The summed E-state index contributed by atoms with van der Waals surface area (Å²) in [4.78, 5) is 24.3. The number of benzene rings is 1. The van der Waals surface area contributed by atoms with Gasteiger partial charge in [-0.3, -0.25) is 9.78 Å². The van der Waals surface area contributed by atoms with Crippen LogP contribution in [0.2, 0.25) is 0 Å². The fourth-order valence-corrected chi connectivity index (χ4v) is 2.84. The summed E-state index contributed by atoms with van der Waals surface area (Å²) in [5, 5.41) is 10.3. The first-order valence-electron chi connectivity index (χ1n) is 7.90. The van der Waals surface area contributed by atoms with Crippen LogP contribution in [0.3, 0.4) is 0 Å². The Bertz CT molecular complexity index is 1050. The third kappa shape index (κ3) is 2.99. The van der Waals surface area contributed by atoms with Crippen LogP contribution in [-0.2, 0) is 6.42 Å². The molecule has 0 spiro atoms. The van der Waals surface area contributed by atoms with Gasteiger partial charge in [-0.25, -0.2) is 4.98 Å². The van der Waals surface area contributed by atoms with E-state index in [4.69, 9.17) is 0 Å². The molecule has 122 valence electrons. The topological polar surface area (TPSA) is 78.9 Å². The summed E-state index contributed by atoms with van der Waals surface area (Å²) < 4.78 is 0. The zero-order valence-corrected chi connectivity index (χ0v) is 13.3. The van der Waals surface area contributed by atoms with Crippen molar-refractivity contribution in [2.75, 3.05) is 0 Å². The van der Waals surface area contributed by atoms with E-state index in [0.29, 0.717) is 23.2 Å². The Balaban J connectivity index is 1.58. The van der Waals surface area contributed by atoms with Crippen LogP contribution < -0.4 is 0 Å². The molecule has 4 aromatic rings. The molecule has 0 unspecified atom stereocenters. The van der Waals surface area contributed by atoms with Gasteiger partial charge in [-0.1, -0.05) is 12.1 Å². The maximum atomic E-state index is 12.7. The Morgan fingerprint density at radius 1 is 1.08 bits per heavy atom. The van der Waals surface area contributed by atoms with Gasteiger partial charge < -0.3 is 10.1 Å². The van der Waals surface area contributed by atoms with E-state index in [2.05, 4.69) is 15.0 Å². The van der Waals surface area contributed by atoms with Crippen molar-refractivity contribution in [3.8, 4) is 5.75 Å². The van der Waals surface area contributed by atoms with Crippen molar-refractivity contribution in [3.05, 3.63) is 89.5 Å². The number of carbonyl (C=O) groups is 1. The van der Waals surface area contributed by atoms with E-state index >= 15 is 0 Å². The second-order valence-electron chi connectivity index (χ2n) is 5.82. The number of rotatable bonds is 4. The summed E-state index contributed by atoms with van der Waals surface area (Å²) in [5.74, 6) is 0.146. The van der Waals surface area contributed by atoms with Crippen LogP contribution in [0.25, 0.3) is 11.0 Å². The highest BCUT2D eigenvalue weighted by Crippen LogP contribution is 2.20. The highest BCUT2D eigenvalue weighted by molar-refractivity contribution is 6.15. The summed E-state index contributed by atoms with van der Waals surface area (Å²) in [6.45, 7) is 0. The lowest BCUT2D eigenvalue weighted by Crippen LogP contribution is -2.02. The molecule has 1 aromatic carbocycles. The quantitative estimate of drug-likeness (QED) is 0.562. The lowest BCUT2D eigenvalue weighted by Gasteiger charge is -2.04. The molecule has 2 N–H and O–H groups in total. The number of nitrogens with zero attached hydrogens (tertiary/aromatic N) is 2. The first-order chi connectivity index (χ1) is 12.2. The number of aromatic nitrogens is 3. The zero-order valence-electron chi connectivity index (χ0n) is 13.3. The average molecular weight is 329 g/mol. The smallest absolute Gasteiger partial charge is 0.196 e. The number of aromatic amines is 1. The molecule has 5 nitrogen and oxygen atoms in total. The molecule has 5 heteroatoms. The maximum Gasteiger partial charge on any atom is 0.196 e. The minimum atomic E-state index is -0.0874. The molecule has 0 amide bonds. The molecular formula is C20H15N3O2. The van der Waals surface area contributed by atoms with Crippen LogP contribution >= 0.6 is 0 Å². The third-order valence-corrected chi connectivity index (χ3v) is 4.08. The fourth-order valence-electron chi connectivity index (χ4n) is 2.84. The summed E-state index contributed by atoms with van der Waals surface area (Å²) in [6.07, 6.45) is 5.56. The van der Waals surface area contributed by atoms with Crippen LogP contribution in [0, 0.1) is 0 Å². The number of ketones is 1. The van der Waals surface area contributed by atoms with Gasteiger partial charge in [0.1, 0.15) is 11.4 Å². The lowest BCUT2D eigenvalue weighted by atomic mass is 10.0. The molecule has 0 saturated heterocycles. The molecule has 3 aromatic heterocycles. The zero-order chi connectivity index (χ0) is 17.2. The Labute approximate surface area is 144 Å². The standard InChI is InChI=1S/C20H15N3O2/c24-16-4-1-3-13(10-16)9-15-7-6-14(11-22-15)19(25)18-12-23-20-17(18)5-2-8-21-20/h1-8,10-12,24H,9H2,(H,21,23). The van der Waals surface area contributed by atoms with E-state index < -0.39 is 0 Å². The number of H-pyrrole nitrogens is 1. The Morgan fingerprint density at radius 3 is 2.80 bits per heavy atom. The van der Waals surface area contributed by atoms with Gasteiger partial charge in [-0.2, -0.15) is 0 Å². The number of hydrogen-bond donors (Lipinski definition) is 2. The average Bonchev–Trinajstić information content (AvgIpc) is 3.06. The van der Waals surface area contributed by atoms with Crippen molar-refractivity contribution in [2.45, 2.75) is 6.42 Å². The van der Waals surface area contributed by atoms with Crippen LogP contribution in [0.1, 0.15) is 27.2 Å². The molecule has 0 aliphatic rings. The molecule has 0 fully saturated rings. The molecule has 0 radical (unpaired) electrons. The van der Waals surface area contributed by atoms with Crippen LogP contribution in [0.5, 0.6) is 5.75 Å². The van der Waals surface area contributed by atoms with Gasteiger partial charge >= 0.3 is 0 Å². The van der Waals surface area contributed by atoms with Gasteiger partial charge in [0.25, 0.3) is 0 Å². The largest absolute Gasteiger partial charge is 0.508 e. The van der Waals surface area contributed by atoms with Crippen molar-refractivity contribution >= 4 is 16.8 Å². The molecule has 3 heterocycles. The summed E-state index contributed by atoms with van der Waals surface area (Å²) in [5.41, 5.74) is 3.62. The van der Waals surface area contributed by atoms with E-state index in [-0.39, 0.29) is 11.5 Å². The van der Waals surface area contributed by atoms with Gasteiger partial charge in [0.05, 0.1) is 0 Å². The monoisotopic (exact) mass is 329 g/mol. The summed E-state index contributed by atoms with van der Waals surface area (Å²) in [7, 11) is 0. The van der Waals surface area contributed by atoms with Crippen LogP contribution in [0.4, 0.5) is 0 Å². The van der Waals surface area contributed by atoms with Crippen molar-refractivity contribution in [1.82, 2.24) is 15.0 Å². The molecule has 0 bridgehead atoms. The minimum Gasteiger partial charge on any atom is -0.508 e. The molecule has 0 aliphatic carbocycles. The Kier molecular flexibility index (Phi) is 3.74. The van der Waals surface area contributed by atoms with Gasteiger partial charge in [-0.15, -0.1) is 0 Å². The van der Waals surface area contributed by atoms with Gasteiger partial charge in [0.2, 0.25) is 0 Å². The SMILES string of the molecule is O=C(c1ccc(Cc2cccc(O)c2)nc1)c1c[nH]c2ncccc12. The normalized spacial score (nSPS) is 10.9. The van der Waals surface area contributed by atoms with E-state index in [9.17, 15) is 9.90 Å². The number of phenolic OH excluding ortho intramolecular Hbond substituents is 1. The Hall–Kier alpha value is -3.47. The molecule has 25 heavy (non-hydrogen) atoms. The van der Waals surface area contributed by atoms with E-state index in [1.807, 2.05) is 24.3 Å². The van der Waals surface area contributed by atoms with Gasteiger partial charge in [0.15, 0.2) is 5.78 Å². The first kappa shape index (κ1) is 15.1. The van der Waals surface area contributed by atoms with Crippen LogP contribution in [0.15, 0.2) is 67.1 Å². The fraction of sp³-hybridized carbons (Fsp3) is 0.0500. The number of phenols is 1. The van der Waals surface area contributed by atoms with Crippen molar-refractivity contribution in [3.63, 3.8) is 0 Å². The number of aromatic hydroxyl groups is 1. The Morgan fingerprint density at radius 2 is 2.00 bits per heavy atom. The van der Waals surface area contributed by atoms with Crippen LogP contribution in [-0.4, -0.2) is 25.8 Å². The number of fused-ring (bicyclic) bond motifs is 1. The van der Waals surface area contributed by atoms with Gasteiger partial charge in [0, 0.05) is 47.2 Å². The molecule has 0 saturated carbocycles. The third-order valence-electron chi connectivity index (χ3n) is 4.08. The number of pyridine rings is 2. The number of hydrogen-bond acceptors (Lipinski definition) is 4. The summed E-state index contributed by atoms with van der Waals surface area (Å²) >= 11 is 0. The van der Waals surface area contributed by atoms with E-state index in [1.54, 1.807) is 42.9 Å². The second-order valence-corrected chi connectivity index (χ2v) is 5.82. The van der Waals surface area contributed by atoms with E-state index in [1.165, 1.54) is 0 Å². The molecule has 0 aliphatic heterocycles. The molecule has 4 rings (SSSR count). The van der Waals surface area contributed by atoms with Crippen molar-refractivity contribution in [1.29, 1.82) is 0 Å². The highest BCUT2D eigenvalue weighted by Gasteiger charge is 2.15. The highest BCUT2D eigenvalue weighted by atomic mass is 16.3. The molecular weight excluding hydrogens is 314 g/mol. The van der Waals surface area contributed by atoms with Crippen molar-refractivity contribution in [2.24, 2.45) is 0 Å². The minimum absolute atomic E-state index is 0.0874. The molecule has 0 atom stereocenters. The van der Waals surface area contributed by atoms with E-state index in [0.717, 1.165) is 16.6 Å². The lowest BCUT2D eigenvalue weighted by molar-refractivity contribution is 0.104. The number of nitrogens with one attached hydrogen (secondary N) is 1. The summed E-state index contributed by atoms with van der Waals surface area (Å²) in [6, 6.07) is 14.4. The predicted molar refractivity (Wildman–Crippen MR) is 94.7 cm³/mol. The van der Waals surface area contributed by atoms with Crippen molar-refractivity contribution < 1.29 is 9.90 Å². The second kappa shape index (κ2) is 6.20. The predicted octanol–water partition coefficient (Wildman–Crippen LogP) is 3.49. The van der Waals surface area contributed by atoms with Gasteiger partial charge in [-0.05, 0) is 42.0 Å². The number of carbonyl (C=O) groups excluding carboxylic acids is 1. The maximum absolute atomic E-state index is 12.7.